The van der Waals surface area contributed by atoms with Gasteiger partial charge in [0, 0.05) is 0 Å². The van der Waals surface area contributed by atoms with E-state index in [2.05, 4.69) is 20.4 Å². The van der Waals surface area contributed by atoms with Gasteiger partial charge in [0.2, 0.25) is 0 Å². The first-order valence-corrected chi connectivity index (χ1v) is 6.64. The Morgan fingerprint density at radius 2 is 2.23 bits per heavy atom. The van der Waals surface area contributed by atoms with Gasteiger partial charge in [-0.25, -0.2) is 20.4 Å². The summed E-state index contributed by atoms with van der Waals surface area (Å²) >= 11 is 0. The molecule has 120 valence electrons. The number of aliphatic hydroxyl groups excluding tert-OH is 2. The third-order valence-corrected chi connectivity index (χ3v) is 3.74. The van der Waals surface area contributed by atoms with Crippen molar-refractivity contribution in [2.45, 2.75) is 31.0 Å². The number of nitrogens with zero attached hydrogens (tertiary/aromatic N) is 4. The molecule has 3 heterocycles. The van der Waals surface area contributed by atoms with Crippen LogP contribution in [-0.4, -0.2) is 66.4 Å². The number of hydrogen-bond donors (Lipinski definition) is 4. The smallest absolute Gasteiger partial charge is 0.181 e. The van der Waals surface area contributed by atoms with Crippen molar-refractivity contribution in [3.05, 3.63) is 12.7 Å². The minimum Gasteiger partial charge on any atom is -0.394 e. The maximum atomic E-state index is 10.5. The molecular weight excluding hydrogens is 294 g/mol. The molecule has 0 bridgehead atoms. The highest BCUT2D eigenvalue weighted by Crippen LogP contribution is 2.39. The van der Waals surface area contributed by atoms with Gasteiger partial charge >= 0.3 is 0 Å². The molecule has 1 saturated heterocycles. The van der Waals surface area contributed by atoms with Crippen molar-refractivity contribution in [2.75, 3.05) is 19.2 Å². The van der Waals surface area contributed by atoms with Crippen molar-refractivity contribution in [1.29, 1.82) is 0 Å². The predicted molar refractivity (Wildman–Crippen MR) is 73.6 cm³/mol. The highest BCUT2D eigenvalue weighted by atomic mass is 16.6. The Labute approximate surface area is 125 Å². The first-order chi connectivity index (χ1) is 10.5. The summed E-state index contributed by atoms with van der Waals surface area (Å²) in [7, 11) is 1.44. The Morgan fingerprint density at radius 1 is 1.45 bits per heavy atom. The maximum Gasteiger partial charge on any atom is 0.181 e. The van der Waals surface area contributed by atoms with E-state index in [1.54, 1.807) is 0 Å². The molecule has 0 saturated carbocycles. The number of anilines is 1. The molecule has 0 aliphatic carbocycles. The topological polar surface area (TPSA) is 135 Å². The van der Waals surface area contributed by atoms with E-state index in [4.69, 9.17) is 9.57 Å². The normalized spacial score (nSPS) is 31.8. The van der Waals surface area contributed by atoms with Crippen LogP contribution in [0.5, 0.6) is 0 Å². The van der Waals surface area contributed by atoms with Gasteiger partial charge in [0.25, 0.3) is 0 Å². The van der Waals surface area contributed by atoms with Crippen molar-refractivity contribution in [2.24, 2.45) is 0 Å². The number of aromatic nitrogens is 4. The molecule has 0 radical (unpaired) electrons. The quantitative estimate of drug-likeness (QED) is 0.513. The zero-order valence-corrected chi connectivity index (χ0v) is 12.0. The van der Waals surface area contributed by atoms with E-state index < -0.39 is 30.6 Å². The fourth-order valence-electron chi connectivity index (χ4n) is 2.59. The van der Waals surface area contributed by atoms with Gasteiger partial charge in [-0.05, 0) is 6.92 Å². The summed E-state index contributed by atoms with van der Waals surface area (Å²) in [5.41, 5.74) is 1.79. The van der Waals surface area contributed by atoms with Crippen LogP contribution in [0.25, 0.3) is 11.2 Å². The lowest BCUT2D eigenvalue weighted by atomic mass is 9.96. The van der Waals surface area contributed by atoms with Crippen LogP contribution in [0.2, 0.25) is 0 Å². The van der Waals surface area contributed by atoms with Crippen LogP contribution in [0.15, 0.2) is 12.7 Å². The lowest BCUT2D eigenvalue weighted by molar-refractivity contribution is -0.0950. The third kappa shape index (κ3) is 2.12. The van der Waals surface area contributed by atoms with E-state index in [-0.39, 0.29) is 0 Å². The molecule has 1 aliphatic heterocycles. The third-order valence-electron chi connectivity index (χ3n) is 3.74. The lowest BCUT2D eigenvalue weighted by Crippen LogP contribution is -2.44. The van der Waals surface area contributed by atoms with Crippen molar-refractivity contribution < 1.29 is 24.9 Å². The lowest BCUT2D eigenvalue weighted by Gasteiger charge is -2.27. The second kappa shape index (κ2) is 5.41. The van der Waals surface area contributed by atoms with Crippen LogP contribution >= 0.6 is 0 Å². The first kappa shape index (κ1) is 15.1. The minimum absolute atomic E-state index is 0.364. The van der Waals surface area contributed by atoms with E-state index in [1.165, 1.54) is 31.3 Å². The van der Waals surface area contributed by atoms with Crippen LogP contribution in [0, 0.1) is 0 Å². The summed E-state index contributed by atoms with van der Waals surface area (Å²) in [6.07, 6.45) is -0.346. The molecule has 0 spiro atoms. The summed E-state index contributed by atoms with van der Waals surface area (Å²) < 4.78 is 7.03. The molecule has 2 aromatic heterocycles. The Kier molecular flexibility index (Phi) is 3.70. The van der Waals surface area contributed by atoms with Crippen molar-refractivity contribution in [3.63, 3.8) is 0 Å². The second-order valence-corrected chi connectivity index (χ2v) is 5.23. The Hall–Kier alpha value is -1.85. The summed E-state index contributed by atoms with van der Waals surface area (Å²) in [4.78, 5) is 17.1. The fourth-order valence-corrected chi connectivity index (χ4v) is 2.59. The van der Waals surface area contributed by atoms with Crippen molar-refractivity contribution >= 4 is 17.0 Å². The molecule has 4 N–H and O–H groups in total. The Balaban J connectivity index is 2.06. The number of imidazole rings is 1. The van der Waals surface area contributed by atoms with E-state index >= 15 is 0 Å². The first-order valence-electron chi connectivity index (χ1n) is 6.64. The molecule has 0 aromatic carbocycles. The standard InChI is InChI=1S/C12H17N5O5/c1-12(20)8(19)6(3-18)22-11(12)17-5-15-7-9(16-21-2)13-4-14-10(7)17/h4-6,8,11,18-20H,3H2,1-2H3,(H,13,14,16)/t6-,8-,11-,12+/m1/s1. The van der Waals surface area contributed by atoms with Gasteiger partial charge in [0.05, 0.1) is 20.0 Å². The average Bonchev–Trinajstić information content (AvgIpc) is 3.01. The zero-order valence-electron chi connectivity index (χ0n) is 12.0. The number of fused-ring (bicyclic) bond motifs is 1. The summed E-state index contributed by atoms with van der Waals surface area (Å²) in [6, 6.07) is 0. The fraction of sp³-hybridized carbons (Fsp3) is 0.583. The molecule has 1 fully saturated rings. The van der Waals surface area contributed by atoms with E-state index in [9.17, 15) is 15.3 Å². The van der Waals surface area contributed by atoms with Crippen LogP contribution in [0.3, 0.4) is 0 Å². The predicted octanol–water partition coefficient (Wildman–Crippen LogP) is -1.20. The molecule has 2 aromatic rings. The van der Waals surface area contributed by atoms with Gasteiger partial charge in [0.1, 0.15) is 24.1 Å². The molecular formula is C12H17N5O5. The SMILES string of the molecule is CONc1ncnc2c1ncn2[C@@H]1O[C@H](CO)[C@@H](O)[C@]1(C)O. The summed E-state index contributed by atoms with van der Waals surface area (Å²) in [6.45, 7) is 1.02. The summed E-state index contributed by atoms with van der Waals surface area (Å²) in [5, 5.41) is 29.8. The monoisotopic (exact) mass is 311 g/mol. The summed E-state index contributed by atoms with van der Waals surface area (Å²) in [5.74, 6) is 0.364. The number of nitrogens with one attached hydrogen (secondary N) is 1. The van der Waals surface area contributed by atoms with E-state index in [1.807, 2.05) is 0 Å². The minimum atomic E-state index is -1.61. The average molecular weight is 311 g/mol. The molecule has 0 amide bonds. The van der Waals surface area contributed by atoms with E-state index in [0.717, 1.165) is 0 Å². The highest BCUT2D eigenvalue weighted by molar-refractivity contribution is 5.82. The van der Waals surface area contributed by atoms with Crippen LogP contribution in [-0.2, 0) is 9.57 Å². The molecule has 22 heavy (non-hydrogen) atoms. The Morgan fingerprint density at radius 3 is 2.86 bits per heavy atom. The molecule has 4 atom stereocenters. The number of rotatable bonds is 4. The van der Waals surface area contributed by atoms with Gasteiger partial charge in [0.15, 0.2) is 23.2 Å². The molecule has 10 heteroatoms. The molecule has 10 nitrogen and oxygen atoms in total. The molecule has 0 unspecified atom stereocenters. The number of aliphatic hydroxyl groups is 3. The van der Waals surface area contributed by atoms with Crippen molar-refractivity contribution in [1.82, 2.24) is 19.5 Å². The van der Waals surface area contributed by atoms with Gasteiger partial charge < -0.3 is 20.1 Å². The van der Waals surface area contributed by atoms with Gasteiger partial charge in [-0.1, -0.05) is 0 Å². The highest BCUT2D eigenvalue weighted by Gasteiger charge is 2.53. The number of ether oxygens (including phenoxy) is 1. The van der Waals surface area contributed by atoms with Gasteiger partial charge in [-0.2, -0.15) is 0 Å². The Bertz CT molecular complexity index is 675. The van der Waals surface area contributed by atoms with Crippen molar-refractivity contribution in [3.8, 4) is 0 Å². The van der Waals surface area contributed by atoms with Gasteiger partial charge in [-0.3, -0.25) is 9.40 Å². The van der Waals surface area contributed by atoms with Crippen LogP contribution in [0.1, 0.15) is 13.2 Å². The van der Waals surface area contributed by atoms with Gasteiger partial charge in [-0.15, -0.1) is 0 Å². The largest absolute Gasteiger partial charge is 0.394 e. The molecule has 1 aliphatic rings. The number of hydrogen-bond acceptors (Lipinski definition) is 9. The van der Waals surface area contributed by atoms with Crippen LogP contribution < -0.4 is 5.48 Å². The maximum absolute atomic E-state index is 10.5. The van der Waals surface area contributed by atoms with E-state index in [0.29, 0.717) is 17.0 Å². The molecule has 3 rings (SSSR count). The zero-order chi connectivity index (χ0) is 15.9. The second-order valence-electron chi connectivity index (χ2n) is 5.23. The van der Waals surface area contributed by atoms with Crippen LogP contribution in [0.4, 0.5) is 5.82 Å².